The van der Waals surface area contributed by atoms with Gasteiger partial charge in [-0.15, -0.1) is 0 Å². The van der Waals surface area contributed by atoms with E-state index in [4.69, 9.17) is 0 Å². The first-order chi connectivity index (χ1) is 18.7. The Kier molecular flexibility index (Phi) is 6.01. The molecular weight excluding hydrogens is 495 g/mol. The number of Topliss-reactive ketones (excluding diaryl/α,β-unsaturated/α-hetero) is 1. The molecule has 2 aliphatic carbocycles. The third kappa shape index (κ3) is 4.27. The number of amides is 1. The van der Waals surface area contributed by atoms with E-state index in [0.717, 1.165) is 33.8 Å². The molecule has 1 fully saturated rings. The van der Waals surface area contributed by atoms with Crippen molar-refractivity contribution in [3.8, 4) is 5.69 Å². The molecule has 0 spiro atoms. The molecule has 1 amide bonds. The summed E-state index contributed by atoms with van der Waals surface area (Å²) in [4.78, 5) is 34.1. The second kappa shape index (κ2) is 9.41. The molecule has 1 aromatic carbocycles. The maximum absolute atomic E-state index is 14.3. The summed E-state index contributed by atoms with van der Waals surface area (Å²) in [5.41, 5.74) is 4.71. The van der Waals surface area contributed by atoms with E-state index < -0.39 is 5.41 Å². The van der Waals surface area contributed by atoms with Gasteiger partial charge in [-0.25, -0.2) is 9.07 Å². The first-order valence-electron chi connectivity index (χ1n) is 13.0. The lowest BCUT2D eigenvalue weighted by Crippen LogP contribution is -2.46. The molecule has 3 aromatic heterocycles. The van der Waals surface area contributed by atoms with E-state index in [1.165, 1.54) is 12.1 Å². The van der Waals surface area contributed by atoms with Crippen LogP contribution in [-0.4, -0.2) is 43.3 Å². The fourth-order valence-electron chi connectivity index (χ4n) is 6.00. The van der Waals surface area contributed by atoms with Crippen LogP contribution in [0, 0.1) is 24.1 Å². The molecule has 0 unspecified atom stereocenters. The van der Waals surface area contributed by atoms with Gasteiger partial charge in [0.2, 0.25) is 5.91 Å². The van der Waals surface area contributed by atoms with Crippen LogP contribution in [-0.2, 0) is 18.3 Å². The maximum Gasteiger partial charge on any atom is 0.229 e. The summed E-state index contributed by atoms with van der Waals surface area (Å²) < 4.78 is 17.0. The summed E-state index contributed by atoms with van der Waals surface area (Å²) in [7, 11) is 3.57. The lowest BCUT2D eigenvalue weighted by atomic mass is 9.58. The Morgan fingerprint density at radius 2 is 1.92 bits per heavy atom. The van der Waals surface area contributed by atoms with Crippen molar-refractivity contribution < 1.29 is 14.0 Å². The molecule has 8 nitrogen and oxygen atoms in total. The predicted molar refractivity (Wildman–Crippen MR) is 145 cm³/mol. The van der Waals surface area contributed by atoms with Crippen LogP contribution in [0.5, 0.6) is 0 Å². The predicted octanol–water partition coefficient (Wildman–Crippen LogP) is 4.72. The normalized spacial score (nSPS) is 20.1. The smallest absolute Gasteiger partial charge is 0.229 e. The quantitative estimate of drug-likeness (QED) is 0.353. The Morgan fingerprint density at radius 3 is 2.64 bits per heavy atom. The van der Waals surface area contributed by atoms with Crippen LogP contribution in [0.1, 0.15) is 46.6 Å². The summed E-state index contributed by atoms with van der Waals surface area (Å²) in [6, 6.07) is 9.88. The number of rotatable bonds is 5. The van der Waals surface area contributed by atoms with Gasteiger partial charge >= 0.3 is 0 Å². The monoisotopic (exact) mass is 524 g/mol. The zero-order chi connectivity index (χ0) is 27.3. The number of ketones is 1. The molecule has 0 bridgehead atoms. The number of aryl methyl sites for hydroxylation is 2. The Balaban J connectivity index is 1.40. The Morgan fingerprint density at radius 1 is 1.13 bits per heavy atom. The summed E-state index contributed by atoms with van der Waals surface area (Å²) in [6.45, 7) is 1.94. The number of hydrogen-bond donors (Lipinski definition) is 0. The molecule has 0 aliphatic heterocycles. The number of nitrogens with zero attached hydrogens (tertiary/aromatic N) is 6. The molecule has 198 valence electrons. The molecule has 1 saturated carbocycles. The number of pyridine rings is 1. The Labute approximate surface area is 225 Å². The Hall–Kier alpha value is -4.40. The van der Waals surface area contributed by atoms with Crippen LogP contribution in [0.4, 0.5) is 10.1 Å². The maximum atomic E-state index is 14.3. The minimum absolute atomic E-state index is 0.0285. The molecule has 4 aromatic rings. The molecule has 2 atom stereocenters. The number of anilines is 1. The van der Waals surface area contributed by atoms with E-state index in [2.05, 4.69) is 21.3 Å². The van der Waals surface area contributed by atoms with Crippen molar-refractivity contribution in [2.75, 3.05) is 11.9 Å². The number of carbonyl (C=O) groups is 2. The van der Waals surface area contributed by atoms with Crippen molar-refractivity contribution >= 4 is 23.5 Å². The van der Waals surface area contributed by atoms with Crippen molar-refractivity contribution in [1.29, 1.82) is 0 Å². The van der Waals surface area contributed by atoms with Gasteiger partial charge in [-0.2, -0.15) is 10.2 Å². The molecule has 0 saturated heterocycles. The minimum Gasteiger partial charge on any atom is -0.312 e. The van der Waals surface area contributed by atoms with Crippen LogP contribution >= 0.6 is 0 Å². The number of benzene rings is 1. The second-order valence-corrected chi connectivity index (χ2v) is 10.6. The number of fused-ring (bicyclic) bond motifs is 2. The Bertz CT molecular complexity index is 1620. The van der Waals surface area contributed by atoms with Gasteiger partial charge in [0, 0.05) is 32.4 Å². The molecular formula is C30H29FN6O2. The van der Waals surface area contributed by atoms with Crippen LogP contribution < -0.4 is 4.90 Å². The SMILES string of the molecule is Cc1ccnc(C(=O)[C@]23Cc4cnn(-c5ccc(F)cc5)c4C=C2CC[C@H](C(=O)N(C)c2cnn(C)c2)C3)c1. The fourth-order valence-corrected chi connectivity index (χ4v) is 6.00. The molecule has 3 heterocycles. The molecule has 9 heteroatoms. The van der Waals surface area contributed by atoms with Crippen molar-refractivity contribution in [2.45, 2.75) is 32.6 Å². The largest absolute Gasteiger partial charge is 0.312 e. The highest BCUT2D eigenvalue weighted by molar-refractivity contribution is 6.04. The molecule has 6 rings (SSSR count). The molecule has 0 N–H and O–H groups in total. The van der Waals surface area contributed by atoms with E-state index >= 15 is 0 Å². The van der Waals surface area contributed by atoms with E-state index in [9.17, 15) is 14.0 Å². The third-order valence-corrected chi connectivity index (χ3v) is 8.07. The minimum atomic E-state index is -0.904. The van der Waals surface area contributed by atoms with Crippen molar-refractivity contribution in [2.24, 2.45) is 18.4 Å². The summed E-state index contributed by atoms with van der Waals surface area (Å²) >= 11 is 0. The van der Waals surface area contributed by atoms with E-state index in [0.29, 0.717) is 31.4 Å². The van der Waals surface area contributed by atoms with Crippen molar-refractivity contribution in [1.82, 2.24) is 24.5 Å². The highest BCUT2D eigenvalue weighted by atomic mass is 19.1. The van der Waals surface area contributed by atoms with Gasteiger partial charge in [0.05, 0.1) is 34.9 Å². The lowest BCUT2D eigenvalue weighted by Gasteiger charge is -2.44. The van der Waals surface area contributed by atoms with E-state index in [1.807, 2.05) is 26.1 Å². The van der Waals surface area contributed by atoms with Gasteiger partial charge in [0.25, 0.3) is 0 Å². The summed E-state index contributed by atoms with van der Waals surface area (Å²) in [5, 5.41) is 8.79. The van der Waals surface area contributed by atoms with Gasteiger partial charge < -0.3 is 4.90 Å². The standard InChI is InChI=1S/C30H29FN6O2/c1-19-10-11-32-26(12-19)28(38)30-14-20(29(39)36(3)25-17-33-35(2)18-25)4-5-22(30)13-27-21(15-30)16-34-37(27)24-8-6-23(31)7-9-24/h6-13,16-18,20H,4-5,14-15H2,1-3H3/t20-,30+/m0/s1. The highest BCUT2D eigenvalue weighted by Crippen LogP contribution is 2.52. The van der Waals surface area contributed by atoms with Gasteiger partial charge in [0.1, 0.15) is 11.5 Å². The van der Waals surface area contributed by atoms with E-state index in [1.54, 1.807) is 58.2 Å². The van der Waals surface area contributed by atoms with Crippen LogP contribution in [0.2, 0.25) is 0 Å². The lowest BCUT2D eigenvalue weighted by molar-refractivity contribution is -0.123. The number of halogens is 1. The van der Waals surface area contributed by atoms with E-state index in [-0.39, 0.29) is 23.4 Å². The van der Waals surface area contributed by atoms with Crippen molar-refractivity contribution in [3.05, 3.63) is 95.1 Å². The number of hydrogen-bond acceptors (Lipinski definition) is 5. The topological polar surface area (TPSA) is 85.9 Å². The fraction of sp³-hybridized carbons (Fsp3) is 0.300. The summed E-state index contributed by atoms with van der Waals surface area (Å²) in [5.74, 6) is -0.749. The average molecular weight is 525 g/mol. The van der Waals surface area contributed by atoms with Crippen LogP contribution in [0.25, 0.3) is 11.8 Å². The summed E-state index contributed by atoms with van der Waals surface area (Å²) in [6.07, 6.45) is 11.0. The zero-order valence-corrected chi connectivity index (χ0v) is 22.1. The molecule has 2 aliphatic rings. The third-order valence-electron chi connectivity index (χ3n) is 8.07. The van der Waals surface area contributed by atoms with Gasteiger partial charge in [-0.05, 0) is 86.2 Å². The number of allylic oxidation sites excluding steroid dienone is 1. The van der Waals surface area contributed by atoms with Gasteiger partial charge in [-0.1, -0.05) is 5.57 Å². The van der Waals surface area contributed by atoms with Crippen LogP contribution in [0.15, 0.2) is 66.8 Å². The number of carbonyl (C=O) groups excluding carboxylic acids is 2. The molecule has 0 radical (unpaired) electrons. The number of aromatic nitrogens is 5. The highest BCUT2D eigenvalue weighted by Gasteiger charge is 2.51. The van der Waals surface area contributed by atoms with Crippen LogP contribution in [0.3, 0.4) is 0 Å². The van der Waals surface area contributed by atoms with Gasteiger partial charge in [0.15, 0.2) is 5.78 Å². The van der Waals surface area contributed by atoms with Crippen molar-refractivity contribution in [3.63, 3.8) is 0 Å². The zero-order valence-electron chi connectivity index (χ0n) is 22.1. The first kappa shape index (κ1) is 24.9. The first-order valence-corrected chi connectivity index (χ1v) is 13.0. The average Bonchev–Trinajstić information content (AvgIpc) is 3.56. The second-order valence-electron chi connectivity index (χ2n) is 10.6. The molecule has 39 heavy (non-hydrogen) atoms. The van der Waals surface area contributed by atoms with Gasteiger partial charge in [-0.3, -0.25) is 19.3 Å².